The molecule has 1 aliphatic rings. The lowest BCUT2D eigenvalue weighted by Gasteiger charge is -2.35. The summed E-state index contributed by atoms with van der Waals surface area (Å²) >= 11 is 0. The Morgan fingerprint density at radius 2 is 2.14 bits per heavy atom. The van der Waals surface area contributed by atoms with Crippen LogP contribution in [-0.2, 0) is 13.0 Å². The minimum atomic E-state index is 0.619. The minimum Gasteiger partial charge on any atom is -0.317 e. The Bertz CT molecular complexity index is 411. The second-order valence-corrected chi connectivity index (χ2v) is 7.20. The monoisotopic (exact) mass is 292 g/mol. The van der Waals surface area contributed by atoms with Crippen molar-refractivity contribution in [2.75, 3.05) is 13.1 Å². The van der Waals surface area contributed by atoms with Crippen LogP contribution in [0.2, 0.25) is 0 Å². The van der Waals surface area contributed by atoms with E-state index in [0.717, 1.165) is 43.8 Å². The second-order valence-electron chi connectivity index (χ2n) is 7.20. The van der Waals surface area contributed by atoms with Crippen LogP contribution in [0, 0.1) is 23.7 Å². The van der Waals surface area contributed by atoms with Crippen molar-refractivity contribution >= 4 is 0 Å². The fourth-order valence-corrected chi connectivity index (χ4v) is 3.59. The Kier molecular flexibility index (Phi) is 6.22. The number of nitrogens with one attached hydrogen (secondary N) is 1. The zero-order valence-corrected chi connectivity index (χ0v) is 14.2. The van der Waals surface area contributed by atoms with Crippen LogP contribution >= 0.6 is 0 Å². The quantitative estimate of drug-likeness (QED) is 0.839. The van der Waals surface area contributed by atoms with Crippen LogP contribution in [0.3, 0.4) is 0 Å². The van der Waals surface area contributed by atoms with Gasteiger partial charge in [0.15, 0.2) is 0 Å². The summed E-state index contributed by atoms with van der Waals surface area (Å²) in [7, 11) is 0. The van der Waals surface area contributed by atoms with Crippen molar-refractivity contribution in [1.82, 2.24) is 20.1 Å². The van der Waals surface area contributed by atoms with Gasteiger partial charge in [0.25, 0.3) is 0 Å². The van der Waals surface area contributed by atoms with Crippen molar-refractivity contribution in [2.24, 2.45) is 23.7 Å². The van der Waals surface area contributed by atoms with E-state index >= 15 is 0 Å². The van der Waals surface area contributed by atoms with E-state index in [4.69, 9.17) is 0 Å². The predicted molar refractivity (Wildman–Crippen MR) is 87.1 cm³/mol. The van der Waals surface area contributed by atoms with Gasteiger partial charge in [-0.1, -0.05) is 34.1 Å². The minimum absolute atomic E-state index is 0.619. The lowest BCUT2D eigenvalue weighted by Crippen LogP contribution is -2.34. The molecule has 2 rings (SSSR count). The van der Waals surface area contributed by atoms with Crippen molar-refractivity contribution in [2.45, 2.75) is 59.9 Å². The van der Waals surface area contributed by atoms with Gasteiger partial charge in [-0.2, -0.15) is 5.10 Å². The summed E-state index contributed by atoms with van der Waals surface area (Å²) in [4.78, 5) is 4.53. The highest BCUT2D eigenvalue weighted by molar-refractivity contribution is 4.92. The van der Waals surface area contributed by atoms with Gasteiger partial charge in [0.2, 0.25) is 0 Å². The summed E-state index contributed by atoms with van der Waals surface area (Å²) < 4.78 is 2.12. The highest BCUT2D eigenvalue weighted by atomic mass is 15.3. The number of rotatable bonds is 7. The molecule has 0 radical (unpaired) electrons. The standard InChI is InChI=1S/C17H32N4/c1-5-18-10-15-7-6-14(4)8-16(15)9-17-19-12-20-21(17)11-13(2)3/h12-16,18H,5-11H2,1-4H3. The SMILES string of the molecule is CCNCC1CCC(C)CC1Cc1ncnn1CC(C)C. The summed E-state index contributed by atoms with van der Waals surface area (Å²) in [5.74, 6) is 4.21. The fraction of sp³-hybridized carbons (Fsp3) is 0.882. The average Bonchev–Trinajstić information content (AvgIpc) is 2.84. The molecule has 1 fully saturated rings. The van der Waals surface area contributed by atoms with Crippen LogP contribution in [0.15, 0.2) is 6.33 Å². The molecular formula is C17H32N4. The third-order valence-corrected chi connectivity index (χ3v) is 4.74. The first-order chi connectivity index (χ1) is 10.1. The van der Waals surface area contributed by atoms with E-state index < -0.39 is 0 Å². The average molecular weight is 292 g/mol. The molecule has 3 atom stereocenters. The molecule has 21 heavy (non-hydrogen) atoms. The van der Waals surface area contributed by atoms with Gasteiger partial charge in [-0.3, -0.25) is 0 Å². The molecule has 4 heteroatoms. The van der Waals surface area contributed by atoms with Gasteiger partial charge in [-0.25, -0.2) is 9.67 Å². The van der Waals surface area contributed by atoms with Gasteiger partial charge in [0.1, 0.15) is 12.2 Å². The van der Waals surface area contributed by atoms with E-state index in [0.29, 0.717) is 5.92 Å². The molecule has 1 heterocycles. The molecule has 1 aromatic rings. The molecular weight excluding hydrogens is 260 g/mol. The van der Waals surface area contributed by atoms with Crippen LogP contribution in [-0.4, -0.2) is 27.9 Å². The molecule has 1 saturated carbocycles. The topological polar surface area (TPSA) is 42.7 Å². The highest BCUT2D eigenvalue weighted by Gasteiger charge is 2.29. The van der Waals surface area contributed by atoms with Crippen molar-refractivity contribution in [1.29, 1.82) is 0 Å². The second kappa shape index (κ2) is 7.92. The Balaban J connectivity index is 2.02. The molecule has 0 saturated heterocycles. The van der Waals surface area contributed by atoms with Gasteiger partial charge in [-0.05, 0) is 49.6 Å². The molecule has 0 aromatic carbocycles. The summed E-state index contributed by atoms with van der Waals surface area (Å²) in [6.45, 7) is 12.3. The summed E-state index contributed by atoms with van der Waals surface area (Å²) in [6.07, 6.45) is 6.89. The van der Waals surface area contributed by atoms with Gasteiger partial charge >= 0.3 is 0 Å². The Labute approximate surface area is 129 Å². The zero-order chi connectivity index (χ0) is 15.2. The highest BCUT2D eigenvalue weighted by Crippen LogP contribution is 2.35. The number of nitrogens with zero attached hydrogens (tertiary/aromatic N) is 3. The maximum absolute atomic E-state index is 4.53. The van der Waals surface area contributed by atoms with Crippen molar-refractivity contribution in [3.8, 4) is 0 Å². The summed E-state index contributed by atoms with van der Waals surface area (Å²) in [5, 5.41) is 7.96. The maximum atomic E-state index is 4.53. The largest absolute Gasteiger partial charge is 0.317 e. The van der Waals surface area contributed by atoms with E-state index in [2.05, 4.69) is 47.8 Å². The molecule has 0 amide bonds. The zero-order valence-electron chi connectivity index (χ0n) is 14.2. The first kappa shape index (κ1) is 16.5. The molecule has 3 unspecified atom stereocenters. The smallest absolute Gasteiger partial charge is 0.138 e. The Morgan fingerprint density at radius 1 is 1.33 bits per heavy atom. The first-order valence-electron chi connectivity index (χ1n) is 8.67. The number of hydrogen-bond donors (Lipinski definition) is 1. The van der Waals surface area contributed by atoms with Crippen LogP contribution in [0.1, 0.15) is 52.8 Å². The lowest BCUT2D eigenvalue weighted by atomic mass is 9.73. The third kappa shape index (κ3) is 4.80. The first-order valence-corrected chi connectivity index (χ1v) is 8.67. The fourth-order valence-electron chi connectivity index (χ4n) is 3.59. The van der Waals surface area contributed by atoms with Gasteiger partial charge in [0.05, 0.1) is 0 Å². The lowest BCUT2D eigenvalue weighted by molar-refractivity contribution is 0.180. The summed E-state index contributed by atoms with van der Waals surface area (Å²) in [6, 6.07) is 0. The molecule has 0 spiro atoms. The maximum Gasteiger partial charge on any atom is 0.138 e. The normalized spacial score (nSPS) is 26.4. The number of aromatic nitrogens is 3. The molecule has 120 valence electrons. The molecule has 1 aliphatic carbocycles. The molecule has 1 N–H and O–H groups in total. The van der Waals surface area contributed by atoms with Gasteiger partial charge in [-0.15, -0.1) is 0 Å². The van der Waals surface area contributed by atoms with Crippen LogP contribution in [0.25, 0.3) is 0 Å². The van der Waals surface area contributed by atoms with Crippen LogP contribution < -0.4 is 5.32 Å². The van der Waals surface area contributed by atoms with E-state index in [9.17, 15) is 0 Å². The van der Waals surface area contributed by atoms with Gasteiger partial charge < -0.3 is 5.32 Å². The van der Waals surface area contributed by atoms with Crippen LogP contribution in [0.4, 0.5) is 0 Å². The van der Waals surface area contributed by atoms with Crippen LogP contribution in [0.5, 0.6) is 0 Å². The third-order valence-electron chi connectivity index (χ3n) is 4.74. The predicted octanol–water partition coefficient (Wildman–Crippen LogP) is 3.14. The van der Waals surface area contributed by atoms with E-state index in [1.165, 1.54) is 25.1 Å². The summed E-state index contributed by atoms with van der Waals surface area (Å²) in [5.41, 5.74) is 0. The molecule has 0 bridgehead atoms. The molecule has 1 aromatic heterocycles. The van der Waals surface area contributed by atoms with Gasteiger partial charge in [0, 0.05) is 13.0 Å². The number of hydrogen-bond acceptors (Lipinski definition) is 3. The van der Waals surface area contributed by atoms with E-state index in [1.807, 2.05) is 0 Å². The van der Waals surface area contributed by atoms with E-state index in [1.54, 1.807) is 6.33 Å². The van der Waals surface area contributed by atoms with Crippen molar-refractivity contribution in [3.05, 3.63) is 12.2 Å². The van der Waals surface area contributed by atoms with E-state index in [-0.39, 0.29) is 0 Å². The Morgan fingerprint density at radius 3 is 2.86 bits per heavy atom. The van der Waals surface area contributed by atoms with Crippen molar-refractivity contribution in [3.63, 3.8) is 0 Å². The molecule has 4 nitrogen and oxygen atoms in total. The van der Waals surface area contributed by atoms with Crippen molar-refractivity contribution < 1.29 is 0 Å². The molecule has 0 aliphatic heterocycles. The Hall–Kier alpha value is -0.900.